The van der Waals surface area contributed by atoms with Crippen LogP contribution < -0.4 is 5.73 Å². The molecule has 0 aromatic carbocycles. The molecule has 18 heavy (non-hydrogen) atoms. The fraction of sp³-hybridized carbons (Fsp3) is 1.00. The molecule has 108 valence electrons. The van der Waals surface area contributed by atoms with Crippen molar-refractivity contribution in [3.8, 4) is 0 Å². The number of aliphatic hydroxyl groups is 2. The van der Waals surface area contributed by atoms with Gasteiger partial charge < -0.3 is 15.9 Å². The normalized spacial score (nSPS) is 23.0. The molecule has 0 bridgehead atoms. The quantitative estimate of drug-likeness (QED) is 0.655. The van der Waals surface area contributed by atoms with Crippen LogP contribution in [-0.2, 0) is 0 Å². The highest BCUT2D eigenvalue weighted by atomic mass is 16.3. The third-order valence-corrected chi connectivity index (χ3v) is 4.55. The number of hydrogen-bond donors (Lipinski definition) is 3. The first kappa shape index (κ1) is 15.9. The maximum absolute atomic E-state index is 10.2. The standard InChI is InChI=1S/C15H31NO2/c1-11(2)13(10-17)9-15(18)14(16)8-12-6-4-3-5-7-12/h11-15,17-18H,3-10,16H2,1-2H3/t13-,14+,15+/m1/s1. The van der Waals surface area contributed by atoms with Crippen LogP contribution in [0.5, 0.6) is 0 Å². The van der Waals surface area contributed by atoms with Crippen LogP contribution in [0.2, 0.25) is 0 Å². The highest BCUT2D eigenvalue weighted by Crippen LogP contribution is 2.28. The molecule has 0 radical (unpaired) electrons. The molecule has 3 heteroatoms. The summed E-state index contributed by atoms with van der Waals surface area (Å²) in [7, 11) is 0. The summed E-state index contributed by atoms with van der Waals surface area (Å²) < 4.78 is 0. The number of aliphatic hydroxyl groups excluding tert-OH is 2. The molecule has 0 aromatic heterocycles. The van der Waals surface area contributed by atoms with Gasteiger partial charge in [-0.25, -0.2) is 0 Å². The van der Waals surface area contributed by atoms with E-state index < -0.39 is 6.10 Å². The minimum absolute atomic E-state index is 0.124. The fourth-order valence-electron chi connectivity index (χ4n) is 3.01. The summed E-state index contributed by atoms with van der Waals surface area (Å²) >= 11 is 0. The predicted molar refractivity (Wildman–Crippen MR) is 75.2 cm³/mol. The van der Waals surface area contributed by atoms with E-state index in [2.05, 4.69) is 13.8 Å². The summed E-state index contributed by atoms with van der Waals surface area (Å²) in [4.78, 5) is 0. The molecular formula is C15H31NO2. The number of nitrogens with two attached hydrogens (primary N) is 1. The van der Waals surface area contributed by atoms with Crippen molar-refractivity contribution in [2.75, 3.05) is 6.61 Å². The summed E-state index contributed by atoms with van der Waals surface area (Å²) in [6, 6.07) is -0.124. The lowest BCUT2D eigenvalue weighted by Gasteiger charge is -2.29. The first-order chi connectivity index (χ1) is 8.54. The van der Waals surface area contributed by atoms with Gasteiger partial charge in [0, 0.05) is 12.6 Å². The van der Waals surface area contributed by atoms with Crippen LogP contribution in [0.4, 0.5) is 0 Å². The monoisotopic (exact) mass is 257 g/mol. The molecule has 3 nitrogen and oxygen atoms in total. The molecule has 0 amide bonds. The van der Waals surface area contributed by atoms with E-state index in [1.54, 1.807) is 0 Å². The molecule has 0 saturated heterocycles. The summed E-state index contributed by atoms with van der Waals surface area (Å²) in [6.45, 7) is 4.31. The maximum Gasteiger partial charge on any atom is 0.0694 e. The molecule has 0 unspecified atom stereocenters. The Kier molecular flexibility index (Phi) is 7.20. The Morgan fingerprint density at radius 3 is 2.28 bits per heavy atom. The third kappa shape index (κ3) is 5.25. The molecule has 0 spiro atoms. The van der Waals surface area contributed by atoms with Crippen molar-refractivity contribution < 1.29 is 10.2 Å². The van der Waals surface area contributed by atoms with E-state index in [4.69, 9.17) is 5.73 Å². The Hall–Kier alpha value is -0.120. The Balaban J connectivity index is 2.32. The molecule has 1 fully saturated rings. The minimum atomic E-state index is -0.466. The van der Waals surface area contributed by atoms with Crippen LogP contribution in [0, 0.1) is 17.8 Å². The molecule has 0 aromatic rings. The second-order valence-electron chi connectivity index (χ2n) is 6.39. The lowest BCUT2D eigenvalue weighted by atomic mass is 9.82. The van der Waals surface area contributed by atoms with Crippen LogP contribution in [0.15, 0.2) is 0 Å². The second-order valence-corrected chi connectivity index (χ2v) is 6.39. The molecule has 1 saturated carbocycles. The van der Waals surface area contributed by atoms with Gasteiger partial charge in [0.05, 0.1) is 6.10 Å². The first-order valence-corrected chi connectivity index (χ1v) is 7.59. The molecule has 0 heterocycles. The summed E-state index contributed by atoms with van der Waals surface area (Å²) in [6.07, 6.45) is 7.64. The van der Waals surface area contributed by atoms with E-state index in [1.165, 1.54) is 32.1 Å². The molecule has 3 atom stereocenters. The molecule has 0 aliphatic heterocycles. The van der Waals surface area contributed by atoms with Crippen molar-refractivity contribution in [3.05, 3.63) is 0 Å². The lowest BCUT2D eigenvalue weighted by molar-refractivity contribution is 0.0704. The summed E-state index contributed by atoms with van der Waals surface area (Å²) in [5, 5.41) is 19.5. The van der Waals surface area contributed by atoms with Crippen LogP contribution in [0.1, 0.15) is 58.8 Å². The van der Waals surface area contributed by atoms with Gasteiger partial charge in [-0.1, -0.05) is 46.0 Å². The van der Waals surface area contributed by atoms with Gasteiger partial charge in [-0.15, -0.1) is 0 Å². The number of rotatable bonds is 7. The average molecular weight is 257 g/mol. The zero-order chi connectivity index (χ0) is 13.5. The first-order valence-electron chi connectivity index (χ1n) is 7.59. The van der Waals surface area contributed by atoms with E-state index in [1.807, 2.05) is 0 Å². The van der Waals surface area contributed by atoms with Crippen molar-refractivity contribution >= 4 is 0 Å². The van der Waals surface area contributed by atoms with Gasteiger partial charge >= 0.3 is 0 Å². The highest BCUT2D eigenvalue weighted by Gasteiger charge is 2.25. The average Bonchev–Trinajstić information content (AvgIpc) is 2.36. The van der Waals surface area contributed by atoms with Gasteiger partial charge in [0.15, 0.2) is 0 Å². The molecule has 1 rings (SSSR count). The van der Waals surface area contributed by atoms with Gasteiger partial charge in [0.1, 0.15) is 0 Å². The van der Waals surface area contributed by atoms with Crippen LogP contribution in [-0.4, -0.2) is 29.0 Å². The molecular weight excluding hydrogens is 226 g/mol. The van der Waals surface area contributed by atoms with Gasteiger partial charge in [-0.3, -0.25) is 0 Å². The minimum Gasteiger partial charge on any atom is -0.396 e. The van der Waals surface area contributed by atoms with E-state index in [0.29, 0.717) is 18.3 Å². The van der Waals surface area contributed by atoms with E-state index >= 15 is 0 Å². The van der Waals surface area contributed by atoms with Crippen molar-refractivity contribution in [1.29, 1.82) is 0 Å². The highest BCUT2D eigenvalue weighted by molar-refractivity contribution is 4.80. The fourth-order valence-corrected chi connectivity index (χ4v) is 3.01. The Labute approximate surface area is 112 Å². The van der Waals surface area contributed by atoms with Crippen molar-refractivity contribution in [3.63, 3.8) is 0 Å². The topological polar surface area (TPSA) is 66.5 Å². The summed E-state index contributed by atoms with van der Waals surface area (Å²) in [5.41, 5.74) is 6.12. The van der Waals surface area contributed by atoms with E-state index in [-0.39, 0.29) is 18.6 Å². The largest absolute Gasteiger partial charge is 0.396 e. The maximum atomic E-state index is 10.2. The predicted octanol–water partition coefficient (Wildman–Crippen LogP) is 2.30. The Morgan fingerprint density at radius 2 is 1.78 bits per heavy atom. The molecule has 1 aliphatic carbocycles. The lowest BCUT2D eigenvalue weighted by Crippen LogP contribution is -2.39. The van der Waals surface area contributed by atoms with Gasteiger partial charge in [0.2, 0.25) is 0 Å². The van der Waals surface area contributed by atoms with Crippen molar-refractivity contribution in [2.45, 2.75) is 70.9 Å². The Bertz CT molecular complexity index is 215. The van der Waals surface area contributed by atoms with E-state index in [0.717, 1.165) is 6.42 Å². The van der Waals surface area contributed by atoms with E-state index in [9.17, 15) is 10.2 Å². The SMILES string of the molecule is CC(C)[C@@H](CO)C[C@H](O)[C@@H](N)CC1CCCCC1. The molecule has 4 N–H and O–H groups in total. The zero-order valence-electron chi connectivity index (χ0n) is 12.0. The zero-order valence-corrected chi connectivity index (χ0v) is 12.0. The van der Waals surface area contributed by atoms with Crippen LogP contribution in [0.3, 0.4) is 0 Å². The second kappa shape index (κ2) is 8.13. The van der Waals surface area contributed by atoms with Crippen LogP contribution >= 0.6 is 0 Å². The number of hydrogen-bond acceptors (Lipinski definition) is 3. The molecule has 1 aliphatic rings. The van der Waals surface area contributed by atoms with Gasteiger partial charge in [-0.2, -0.15) is 0 Å². The summed E-state index contributed by atoms with van der Waals surface area (Å²) in [5.74, 6) is 1.26. The van der Waals surface area contributed by atoms with Crippen molar-refractivity contribution in [2.24, 2.45) is 23.5 Å². The Morgan fingerprint density at radius 1 is 1.17 bits per heavy atom. The van der Waals surface area contributed by atoms with Gasteiger partial charge in [-0.05, 0) is 30.6 Å². The van der Waals surface area contributed by atoms with Gasteiger partial charge in [0.25, 0.3) is 0 Å². The van der Waals surface area contributed by atoms with Crippen LogP contribution in [0.25, 0.3) is 0 Å². The third-order valence-electron chi connectivity index (χ3n) is 4.55. The van der Waals surface area contributed by atoms with Crippen molar-refractivity contribution in [1.82, 2.24) is 0 Å². The smallest absolute Gasteiger partial charge is 0.0694 e.